The number of hydrogen-bond acceptors (Lipinski definition) is 4. The van der Waals surface area contributed by atoms with E-state index in [4.69, 9.17) is 16.7 Å². The Kier molecular flexibility index (Phi) is 6.22. The Bertz CT molecular complexity index is 347. The van der Waals surface area contributed by atoms with E-state index in [0.29, 0.717) is 11.6 Å². The van der Waals surface area contributed by atoms with E-state index in [9.17, 15) is 0 Å². The Morgan fingerprint density at radius 1 is 1.41 bits per heavy atom. The lowest BCUT2D eigenvalue weighted by atomic mass is 10.1. The predicted octanol–water partition coefficient (Wildman–Crippen LogP) is 2.66. The third-order valence-corrected chi connectivity index (χ3v) is 2.73. The largest absolute Gasteiger partial charge is 0.396 e. The Balaban J connectivity index is 2.75. The van der Waals surface area contributed by atoms with Crippen molar-refractivity contribution < 1.29 is 5.11 Å². The van der Waals surface area contributed by atoms with Crippen LogP contribution < -0.4 is 5.32 Å². The summed E-state index contributed by atoms with van der Waals surface area (Å²) in [5.74, 6) is 1.51. The van der Waals surface area contributed by atoms with Gasteiger partial charge in [-0.1, -0.05) is 25.4 Å². The highest BCUT2D eigenvalue weighted by Crippen LogP contribution is 2.15. The van der Waals surface area contributed by atoms with Crippen molar-refractivity contribution in [2.45, 2.75) is 45.6 Å². The van der Waals surface area contributed by atoms with Gasteiger partial charge in [-0.25, -0.2) is 9.97 Å². The molecule has 0 bridgehead atoms. The number of aliphatic hydroxyl groups excluding tert-OH is 1. The van der Waals surface area contributed by atoms with Crippen LogP contribution in [0.25, 0.3) is 0 Å². The van der Waals surface area contributed by atoms with Crippen molar-refractivity contribution in [3.63, 3.8) is 0 Å². The average molecular weight is 258 g/mol. The highest BCUT2D eigenvalue weighted by Gasteiger charge is 2.08. The van der Waals surface area contributed by atoms with Crippen molar-refractivity contribution in [1.29, 1.82) is 0 Å². The molecule has 0 spiro atoms. The highest BCUT2D eigenvalue weighted by molar-refractivity contribution is 6.29. The molecule has 0 aliphatic heterocycles. The Morgan fingerprint density at radius 3 is 2.76 bits per heavy atom. The first-order valence-electron chi connectivity index (χ1n) is 6.10. The number of halogens is 1. The van der Waals surface area contributed by atoms with Gasteiger partial charge in [0.1, 0.15) is 16.8 Å². The maximum atomic E-state index is 8.94. The van der Waals surface area contributed by atoms with Gasteiger partial charge in [0, 0.05) is 25.1 Å². The molecule has 0 saturated heterocycles. The van der Waals surface area contributed by atoms with Crippen LogP contribution in [0, 0.1) is 0 Å². The van der Waals surface area contributed by atoms with Gasteiger partial charge in [0.2, 0.25) is 0 Å². The van der Waals surface area contributed by atoms with Crippen molar-refractivity contribution in [3.8, 4) is 0 Å². The summed E-state index contributed by atoms with van der Waals surface area (Å²) in [5.41, 5.74) is 0. The van der Waals surface area contributed by atoms with Crippen molar-refractivity contribution in [2.75, 3.05) is 11.9 Å². The fraction of sp³-hybridized carbons (Fsp3) is 0.667. The lowest BCUT2D eigenvalue weighted by Gasteiger charge is -2.16. The van der Waals surface area contributed by atoms with Gasteiger partial charge >= 0.3 is 0 Å². The maximum absolute atomic E-state index is 8.94. The maximum Gasteiger partial charge on any atom is 0.134 e. The second-order valence-corrected chi connectivity index (χ2v) is 4.39. The summed E-state index contributed by atoms with van der Waals surface area (Å²) in [6.45, 7) is 4.33. The van der Waals surface area contributed by atoms with Crippen molar-refractivity contribution in [3.05, 3.63) is 17.0 Å². The number of anilines is 1. The smallest absolute Gasteiger partial charge is 0.134 e. The van der Waals surface area contributed by atoms with E-state index in [-0.39, 0.29) is 12.6 Å². The molecule has 0 aliphatic rings. The number of nitrogens with zero attached hydrogens (tertiary/aromatic N) is 2. The van der Waals surface area contributed by atoms with E-state index in [2.05, 4.69) is 29.1 Å². The third kappa shape index (κ3) is 4.88. The van der Waals surface area contributed by atoms with E-state index < -0.39 is 0 Å². The number of aryl methyl sites for hydroxylation is 1. The molecule has 0 radical (unpaired) electrons. The number of hydrogen-bond donors (Lipinski definition) is 2. The molecule has 0 saturated carbocycles. The van der Waals surface area contributed by atoms with E-state index >= 15 is 0 Å². The lowest BCUT2D eigenvalue weighted by Crippen LogP contribution is -2.21. The molecule has 1 rings (SSSR count). The van der Waals surface area contributed by atoms with Gasteiger partial charge < -0.3 is 10.4 Å². The van der Waals surface area contributed by atoms with E-state index in [1.165, 1.54) is 0 Å². The third-order valence-electron chi connectivity index (χ3n) is 2.54. The van der Waals surface area contributed by atoms with Crippen LogP contribution in [0.5, 0.6) is 0 Å². The molecule has 0 aliphatic carbocycles. The minimum Gasteiger partial charge on any atom is -0.396 e. The minimum atomic E-state index is 0.173. The number of rotatable bonds is 7. The molecule has 96 valence electrons. The molecule has 2 N–H and O–H groups in total. The normalized spacial score (nSPS) is 12.5. The molecule has 17 heavy (non-hydrogen) atoms. The van der Waals surface area contributed by atoms with E-state index in [0.717, 1.165) is 30.9 Å². The quantitative estimate of drug-likeness (QED) is 0.738. The number of nitrogens with one attached hydrogen (secondary N) is 1. The predicted molar refractivity (Wildman–Crippen MR) is 70.4 cm³/mol. The standard InChI is InChI=1S/C12H20ClN3O/c1-3-5-11-15-10(13)8-12(16-11)14-9(4-2)6-7-17/h8-9,17H,3-7H2,1-2H3,(H,14,15,16). The van der Waals surface area contributed by atoms with Gasteiger partial charge in [0.25, 0.3) is 0 Å². The molecule has 4 nitrogen and oxygen atoms in total. The zero-order chi connectivity index (χ0) is 12.7. The molecular formula is C12H20ClN3O. The molecule has 1 unspecified atom stereocenters. The summed E-state index contributed by atoms with van der Waals surface area (Å²) >= 11 is 5.95. The van der Waals surface area contributed by atoms with Crippen LogP contribution in [0.15, 0.2) is 6.07 Å². The Hall–Kier alpha value is -0.870. The fourth-order valence-corrected chi connectivity index (χ4v) is 1.82. The van der Waals surface area contributed by atoms with Crippen LogP contribution in [0.1, 0.15) is 38.9 Å². The molecule has 0 aromatic carbocycles. The van der Waals surface area contributed by atoms with Gasteiger partial charge in [-0.15, -0.1) is 0 Å². The van der Waals surface area contributed by atoms with Crippen molar-refractivity contribution in [2.24, 2.45) is 0 Å². The van der Waals surface area contributed by atoms with Gasteiger partial charge in [-0.05, 0) is 19.3 Å². The van der Waals surface area contributed by atoms with Crippen LogP contribution in [-0.2, 0) is 6.42 Å². The van der Waals surface area contributed by atoms with Crippen LogP contribution in [0.2, 0.25) is 5.15 Å². The molecule has 0 amide bonds. The molecule has 5 heteroatoms. The fourth-order valence-electron chi connectivity index (χ4n) is 1.62. The summed E-state index contributed by atoms with van der Waals surface area (Å²) in [6.07, 6.45) is 3.46. The second kappa shape index (κ2) is 7.45. The van der Waals surface area contributed by atoms with Crippen LogP contribution in [0.4, 0.5) is 5.82 Å². The topological polar surface area (TPSA) is 58.0 Å². The van der Waals surface area contributed by atoms with Gasteiger partial charge in [0.05, 0.1) is 0 Å². The lowest BCUT2D eigenvalue weighted by molar-refractivity contribution is 0.278. The molecule has 1 aromatic rings. The Morgan fingerprint density at radius 2 is 2.18 bits per heavy atom. The Labute approximate surface area is 107 Å². The zero-order valence-electron chi connectivity index (χ0n) is 10.4. The van der Waals surface area contributed by atoms with Crippen molar-refractivity contribution in [1.82, 2.24) is 9.97 Å². The summed E-state index contributed by atoms with van der Waals surface area (Å²) in [6, 6.07) is 1.95. The first kappa shape index (κ1) is 14.2. The summed E-state index contributed by atoms with van der Waals surface area (Å²) in [4.78, 5) is 8.57. The monoisotopic (exact) mass is 257 g/mol. The average Bonchev–Trinajstić information content (AvgIpc) is 2.28. The molecule has 1 heterocycles. The number of aromatic nitrogens is 2. The van der Waals surface area contributed by atoms with Crippen LogP contribution in [-0.4, -0.2) is 27.7 Å². The summed E-state index contributed by atoms with van der Waals surface area (Å²) in [7, 11) is 0. The first-order chi connectivity index (χ1) is 8.19. The van der Waals surface area contributed by atoms with Crippen LogP contribution in [0.3, 0.4) is 0 Å². The van der Waals surface area contributed by atoms with E-state index in [1.807, 2.05) is 0 Å². The SMILES string of the molecule is CCCc1nc(Cl)cc(NC(CC)CCO)n1. The van der Waals surface area contributed by atoms with E-state index in [1.54, 1.807) is 6.07 Å². The molecular weight excluding hydrogens is 238 g/mol. The summed E-state index contributed by atoms with van der Waals surface area (Å²) in [5, 5.41) is 12.7. The molecule has 1 aromatic heterocycles. The highest BCUT2D eigenvalue weighted by atomic mass is 35.5. The van der Waals surface area contributed by atoms with Crippen molar-refractivity contribution >= 4 is 17.4 Å². The van der Waals surface area contributed by atoms with Crippen LogP contribution >= 0.6 is 11.6 Å². The molecule has 1 atom stereocenters. The van der Waals surface area contributed by atoms with Gasteiger partial charge in [-0.3, -0.25) is 0 Å². The zero-order valence-corrected chi connectivity index (χ0v) is 11.2. The summed E-state index contributed by atoms with van der Waals surface area (Å²) < 4.78 is 0. The van der Waals surface area contributed by atoms with Gasteiger partial charge in [-0.2, -0.15) is 0 Å². The second-order valence-electron chi connectivity index (χ2n) is 4.00. The van der Waals surface area contributed by atoms with Gasteiger partial charge in [0.15, 0.2) is 0 Å². The minimum absolute atomic E-state index is 0.173. The first-order valence-corrected chi connectivity index (χ1v) is 6.48. The number of aliphatic hydroxyl groups is 1. The molecule has 0 fully saturated rings.